The molecule has 0 amide bonds. The summed E-state index contributed by atoms with van der Waals surface area (Å²) in [5.41, 5.74) is -0.241. The minimum absolute atomic E-state index is 0. The minimum Gasteiger partial charge on any atom is -0.383 e. The van der Waals surface area contributed by atoms with Crippen molar-refractivity contribution < 1.29 is 6.16 Å². The molecule has 0 bridgehead atoms. The zero-order valence-electron chi connectivity index (χ0n) is 6.18. The smallest absolute Gasteiger partial charge is 0.0942 e. The lowest BCUT2D eigenvalue weighted by atomic mass is 9.90. The second-order valence-corrected chi connectivity index (χ2v) is 2.75. The Kier molecular flexibility index (Phi) is 2.25. The molecule has 1 aliphatic rings. The fourth-order valence-corrected chi connectivity index (χ4v) is 1.27. The van der Waals surface area contributed by atoms with Gasteiger partial charge < -0.3 is 10.1 Å². The first-order chi connectivity index (χ1) is 4.83. The number of ether oxygens (including phenoxy) is 1. The summed E-state index contributed by atoms with van der Waals surface area (Å²) in [6.07, 6.45) is 0.914. The van der Waals surface area contributed by atoms with Crippen molar-refractivity contribution in [2.45, 2.75) is 6.42 Å². The zero-order valence-corrected chi connectivity index (χ0v) is 6.18. The molecule has 0 aromatic heterocycles. The van der Waals surface area contributed by atoms with Crippen LogP contribution in [0.4, 0.5) is 0 Å². The third-order valence-corrected chi connectivity index (χ3v) is 1.90. The number of nitrogens with zero attached hydrogens (tertiary/aromatic N) is 1. The van der Waals surface area contributed by atoms with Gasteiger partial charge >= 0.3 is 0 Å². The first-order valence-corrected chi connectivity index (χ1v) is 3.44. The van der Waals surface area contributed by atoms with E-state index in [2.05, 4.69) is 11.4 Å². The van der Waals surface area contributed by atoms with E-state index >= 15 is 0 Å². The highest BCUT2D eigenvalue weighted by molar-refractivity contribution is 5.04. The molecule has 1 rings (SSSR count). The van der Waals surface area contributed by atoms with Crippen LogP contribution in [0.1, 0.15) is 7.85 Å². The number of hydrogen-bond acceptors (Lipinski definition) is 3. The summed E-state index contributed by atoms with van der Waals surface area (Å²) in [5, 5.41) is 11.9. The maximum Gasteiger partial charge on any atom is 0.0942 e. The van der Waals surface area contributed by atoms with Crippen LogP contribution < -0.4 is 5.32 Å². The van der Waals surface area contributed by atoms with Gasteiger partial charge in [-0.3, -0.25) is 0 Å². The second-order valence-electron chi connectivity index (χ2n) is 2.75. The Bertz CT molecular complexity index is 149. The lowest BCUT2D eigenvalue weighted by Gasteiger charge is -2.16. The van der Waals surface area contributed by atoms with Gasteiger partial charge in [0, 0.05) is 15.1 Å². The average molecular weight is 142 g/mol. The molecule has 1 atom stereocenters. The van der Waals surface area contributed by atoms with Crippen LogP contribution in [-0.2, 0) is 4.74 Å². The van der Waals surface area contributed by atoms with E-state index in [9.17, 15) is 0 Å². The first-order valence-electron chi connectivity index (χ1n) is 3.44. The molecular formula is C7H14N2O. The van der Waals surface area contributed by atoms with Gasteiger partial charge in [-0.15, -0.1) is 0 Å². The summed E-state index contributed by atoms with van der Waals surface area (Å²) in [6.45, 7) is 2.27. The molecule has 0 aromatic carbocycles. The molecule has 0 saturated carbocycles. The van der Waals surface area contributed by atoms with Gasteiger partial charge in [-0.25, -0.2) is 0 Å². The molecule has 0 spiro atoms. The summed E-state index contributed by atoms with van der Waals surface area (Å²) in [6, 6.07) is 2.29. The highest BCUT2D eigenvalue weighted by atomic mass is 16.5. The molecule has 1 aliphatic heterocycles. The van der Waals surface area contributed by atoms with Crippen LogP contribution in [0, 0.1) is 16.7 Å². The van der Waals surface area contributed by atoms with E-state index in [-0.39, 0.29) is 6.84 Å². The van der Waals surface area contributed by atoms with Gasteiger partial charge in [-0.05, 0) is 13.0 Å². The van der Waals surface area contributed by atoms with Crippen LogP contribution in [0.3, 0.4) is 0 Å². The zero-order chi connectivity index (χ0) is 7.45. The number of methoxy groups -OCH3 is 1. The molecule has 3 heteroatoms. The molecule has 1 saturated heterocycles. The maximum absolute atomic E-state index is 8.78. The van der Waals surface area contributed by atoms with E-state index in [0.29, 0.717) is 6.61 Å². The van der Waals surface area contributed by atoms with Crippen molar-refractivity contribution in [3.05, 3.63) is 0 Å². The van der Waals surface area contributed by atoms with Crippen molar-refractivity contribution in [2.75, 3.05) is 26.8 Å². The van der Waals surface area contributed by atoms with Crippen LogP contribution >= 0.6 is 0 Å². The highest BCUT2D eigenvalue weighted by Crippen LogP contribution is 2.23. The largest absolute Gasteiger partial charge is 0.383 e. The normalized spacial score (nSPS) is 32.0. The molecule has 0 aliphatic carbocycles. The third kappa shape index (κ3) is 1.28. The Morgan fingerprint density at radius 2 is 2.70 bits per heavy atom. The van der Waals surface area contributed by atoms with Crippen molar-refractivity contribution in [1.29, 1.82) is 5.26 Å². The first kappa shape index (κ1) is 7.52. The fourth-order valence-electron chi connectivity index (χ4n) is 1.27. The predicted octanol–water partition coefficient (Wildman–Crippen LogP) is 0.382. The fraction of sp³-hybridized carbons (Fsp3) is 0.857. The Morgan fingerprint density at radius 1 is 1.90 bits per heavy atom. The predicted molar refractivity (Wildman–Crippen MR) is 39.5 cm³/mol. The highest BCUT2D eigenvalue weighted by Gasteiger charge is 2.33. The van der Waals surface area contributed by atoms with Gasteiger partial charge in [0.1, 0.15) is 0 Å². The summed E-state index contributed by atoms with van der Waals surface area (Å²) >= 11 is 0. The molecular weight excluding hydrogens is 128 g/mol. The molecule has 1 N–H and O–H groups in total. The van der Waals surface area contributed by atoms with E-state index in [1.54, 1.807) is 7.11 Å². The van der Waals surface area contributed by atoms with Crippen LogP contribution in [0.15, 0.2) is 0 Å². The Balaban J connectivity index is 0.000001000. The SMILES string of the molecule is COCC1(C#N)CCNC1.[HH]. The molecule has 0 aromatic rings. The van der Waals surface area contributed by atoms with Crippen molar-refractivity contribution in [2.24, 2.45) is 5.41 Å². The van der Waals surface area contributed by atoms with Gasteiger partial charge in [0.05, 0.1) is 18.1 Å². The molecule has 3 nitrogen and oxygen atoms in total. The van der Waals surface area contributed by atoms with Crippen LogP contribution in [-0.4, -0.2) is 26.8 Å². The van der Waals surface area contributed by atoms with E-state index < -0.39 is 0 Å². The number of hydrogen-bond donors (Lipinski definition) is 1. The lowest BCUT2D eigenvalue weighted by molar-refractivity contribution is 0.127. The standard InChI is InChI=1S/C7H12N2O.H2/c1-10-6-7(4-8)2-3-9-5-7;/h9H,2-3,5-6H2,1H3;1H. The number of nitrogens with one attached hydrogen (secondary N) is 1. The van der Waals surface area contributed by atoms with Gasteiger partial charge in [0.25, 0.3) is 0 Å². The Morgan fingerprint density at radius 3 is 3.10 bits per heavy atom. The van der Waals surface area contributed by atoms with Crippen LogP contribution in [0.25, 0.3) is 0 Å². The molecule has 1 fully saturated rings. The van der Waals surface area contributed by atoms with Crippen LogP contribution in [0.2, 0.25) is 0 Å². The Hall–Kier alpha value is -0.590. The van der Waals surface area contributed by atoms with E-state index in [1.165, 1.54) is 0 Å². The maximum atomic E-state index is 8.78. The topological polar surface area (TPSA) is 45.0 Å². The average Bonchev–Trinajstić information content (AvgIpc) is 2.39. The van der Waals surface area contributed by atoms with E-state index in [4.69, 9.17) is 10.00 Å². The third-order valence-electron chi connectivity index (χ3n) is 1.90. The summed E-state index contributed by atoms with van der Waals surface area (Å²) in [7, 11) is 1.64. The quantitative estimate of drug-likeness (QED) is 0.606. The Labute approximate surface area is 62.5 Å². The number of rotatable bonds is 2. The van der Waals surface area contributed by atoms with E-state index in [1.807, 2.05) is 0 Å². The van der Waals surface area contributed by atoms with Crippen molar-refractivity contribution >= 4 is 0 Å². The molecule has 1 unspecified atom stereocenters. The monoisotopic (exact) mass is 142 g/mol. The molecule has 58 valence electrons. The molecule has 1 heterocycles. The van der Waals surface area contributed by atoms with Gasteiger partial charge in [0.2, 0.25) is 0 Å². The van der Waals surface area contributed by atoms with E-state index in [0.717, 1.165) is 19.5 Å². The van der Waals surface area contributed by atoms with Crippen molar-refractivity contribution in [3.8, 4) is 6.07 Å². The van der Waals surface area contributed by atoms with Crippen molar-refractivity contribution in [1.82, 2.24) is 5.32 Å². The van der Waals surface area contributed by atoms with Gasteiger partial charge in [-0.1, -0.05) is 0 Å². The second kappa shape index (κ2) is 3.00. The summed E-state index contributed by atoms with van der Waals surface area (Å²) < 4.78 is 4.96. The molecule has 0 radical (unpaired) electrons. The van der Waals surface area contributed by atoms with Gasteiger partial charge in [0.15, 0.2) is 0 Å². The minimum atomic E-state index is -0.241. The van der Waals surface area contributed by atoms with Gasteiger partial charge in [-0.2, -0.15) is 5.26 Å². The van der Waals surface area contributed by atoms with Crippen molar-refractivity contribution in [3.63, 3.8) is 0 Å². The lowest BCUT2D eigenvalue weighted by Crippen LogP contribution is -2.27. The molecule has 10 heavy (non-hydrogen) atoms. The summed E-state index contributed by atoms with van der Waals surface area (Å²) in [5.74, 6) is 0. The van der Waals surface area contributed by atoms with Crippen LogP contribution in [0.5, 0.6) is 0 Å². The summed E-state index contributed by atoms with van der Waals surface area (Å²) in [4.78, 5) is 0. The number of nitriles is 1.